The van der Waals surface area contributed by atoms with Gasteiger partial charge in [-0.25, -0.2) is 0 Å². The molecule has 148 valence electrons. The number of methoxy groups -OCH3 is 1. The van der Waals surface area contributed by atoms with E-state index in [1.807, 2.05) is 18.2 Å². The van der Waals surface area contributed by atoms with Gasteiger partial charge in [-0.2, -0.15) is 5.26 Å². The molecule has 30 heavy (non-hydrogen) atoms. The fourth-order valence-corrected chi connectivity index (χ4v) is 2.31. The first kappa shape index (κ1) is 24.9. The number of likely N-dealkylation sites (N-methyl/N-ethyl adjacent to an activating group) is 1. The first-order valence-electron chi connectivity index (χ1n) is 8.39. The van der Waals surface area contributed by atoms with Crippen molar-refractivity contribution >= 4 is 23.6 Å². The number of rotatable bonds is 5. The van der Waals surface area contributed by atoms with Gasteiger partial charge in [-0.3, -0.25) is 0 Å². The molecule has 0 unspecified atom stereocenters. The van der Waals surface area contributed by atoms with Gasteiger partial charge in [0.25, 0.3) is 0 Å². The third-order valence-electron chi connectivity index (χ3n) is 3.72. The summed E-state index contributed by atoms with van der Waals surface area (Å²) in [6, 6.07) is 14.1. The van der Waals surface area contributed by atoms with Gasteiger partial charge in [0.15, 0.2) is 11.5 Å². The van der Waals surface area contributed by atoms with E-state index in [2.05, 4.69) is 16.6 Å². The number of nitrogens with zero attached hydrogens (tertiary/aromatic N) is 3. The van der Waals surface area contributed by atoms with E-state index >= 15 is 0 Å². The van der Waals surface area contributed by atoms with Crippen LogP contribution in [0.3, 0.4) is 0 Å². The van der Waals surface area contributed by atoms with Crippen LogP contribution in [0.1, 0.15) is 15.9 Å². The minimum absolute atomic E-state index is 0. The maximum Gasteiger partial charge on any atom is 2.00 e. The Kier molecular flexibility index (Phi) is 10.3. The molecule has 0 radical (unpaired) electrons. The molecule has 0 saturated carbocycles. The number of carbonyl (C=O) groups is 2. The zero-order valence-electron chi connectivity index (χ0n) is 16.4. The van der Waals surface area contributed by atoms with Crippen molar-refractivity contribution < 1.29 is 50.2 Å². The van der Waals surface area contributed by atoms with E-state index in [4.69, 9.17) is 21.2 Å². The quantitative estimate of drug-likeness (QED) is 0.284. The number of amides is 2. The van der Waals surface area contributed by atoms with Gasteiger partial charge in [0, 0.05) is 0 Å². The third kappa shape index (κ3) is 6.43. The Morgan fingerprint density at radius 2 is 2.00 bits per heavy atom. The van der Waals surface area contributed by atoms with Crippen LogP contribution in [0.25, 0.3) is 16.7 Å². The second kappa shape index (κ2) is 12.4. The minimum Gasteiger partial charge on any atom is -0.651 e. The molecule has 0 fully saturated rings. The van der Waals surface area contributed by atoms with Gasteiger partial charge in [0.2, 0.25) is 0 Å². The number of carbonyl (C=O) groups excluding carboxylic acids is 2. The number of ether oxygens (including phenoxy) is 2. The van der Waals surface area contributed by atoms with Gasteiger partial charge in [0.1, 0.15) is 12.7 Å². The number of benzene rings is 2. The summed E-state index contributed by atoms with van der Waals surface area (Å²) in [4.78, 5) is 21.9. The van der Waals surface area contributed by atoms with Crippen molar-refractivity contribution in [1.82, 2.24) is 0 Å². The van der Waals surface area contributed by atoms with Gasteiger partial charge in [-0.15, -0.1) is 19.2 Å². The smallest absolute Gasteiger partial charge is 0.651 e. The molecule has 1 aliphatic rings. The van der Waals surface area contributed by atoms with Gasteiger partial charge < -0.3 is 29.7 Å². The molecule has 2 aromatic rings. The molecule has 0 N–H and O–H groups in total. The minimum atomic E-state index is -0.570. The monoisotopic (exact) mass is 625 g/mol. The molecule has 2 aromatic carbocycles. The van der Waals surface area contributed by atoms with Gasteiger partial charge in [0.05, 0.1) is 24.5 Å². The molecular formula is C22H17N3O4U. The Balaban J connectivity index is 0.000000371. The van der Waals surface area contributed by atoms with E-state index in [0.717, 1.165) is 11.3 Å². The number of hydrogen-bond donors (Lipinski definition) is 0. The maximum absolute atomic E-state index is 11.4. The van der Waals surface area contributed by atoms with E-state index in [-0.39, 0.29) is 49.2 Å². The number of hydrogen-bond acceptors (Lipinski definition) is 5. The normalized spacial score (nSPS) is 10.8. The summed E-state index contributed by atoms with van der Waals surface area (Å²) in [5.74, 6) is 2.65. The largest absolute Gasteiger partial charge is 2.00 e. The summed E-state index contributed by atoms with van der Waals surface area (Å²) < 4.78 is 10.5. The van der Waals surface area contributed by atoms with Crippen LogP contribution in [0.4, 0.5) is 5.69 Å². The standard InChI is InChI=1S/C15H14N2O3.C7H5NO.U/c1-4-7-20-13-6-5-11(9-14(13)19-3)8-12(10-16)15(18)17-2;9-7-5-3-1-2-4-6(5)8-7;/h1,5-6,8-9H,7H2,2-3H3,(H,17,18);1-4H,(H,8,9);/q;;+2/p-2/b12-8+;;. The van der Waals surface area contributed by atoms with Crippen molar-refractivity contribution in [2.45, 2.75) is 0 Å². The number of nitriles is 1. The van der Waals surface area contributed by atoms with Crippen LogP contribution < -0.4 is 9.47 Å². The molecule has 0 aliphatic carbocycles. The number of para-hydroxylation sites is 1. The second-order valence-corrected chi connectivity index (χ2v) is 5.54. The van der Waals surface area contributed by atoms with Crippen LogP contribution in [0.15, 0.2) is 48.0 Å². The van der Waals surface area contributed by atoms with E-state index in [1.165, 1.54) is 20.2 Å². The number of fused-ring (bicyclic) bond motifs is 1. The molecule has 3 rings (SSSR count). The molecule has 1 aliphatic heterocycles. The second-order valence-electron chi connectivity index (χ2n) is 5.54. The molecule has 8 heteroatoms. The van der Waals surface area contributed by atoms with E-state index < -0.39 is 5.91 Å². The summed E-state index contributed by atoms with van der Waals surface area (Å²) >= 11 is 0. The first-order chi connectivity index (χ1) is 14.0. The summed E-state index contributed by atoms with van der Waals surface area (Å²) in [5, 5.41) is 16.0. The topological polar surface area (TPSA) is 105 Å². The zero-order valence-corrected chi connectivity index (χ0v) is 20.5. The average molecular weight is 625 g/mol. The van der Waals surface area contributed by atoms with Gasteiger partial charge in [-0.05, 0) is 29.3 Å². The Labute approximate surface area is 198 Å². The molecule has 0 bridgehead atoms. The van der Waals surface area contributed by atoms with Crippen LogP contribution in [0.2, 0.25) is 0 Å². The van der Waals surface area contributed by atoms with E-state index in [0.29, 0.717) is 17.1 Å². The van der Waals surface area contributed by atoms with Crippen LogP contribution >= 0.6 is 0 Å². The van der Waals surface area contributed by atoms with Crippen molar-refractivity contribution in [2.24, 2.45) is 0 Å². The molecule has 7 nitrogen and oxygen atoms in total. The van der Waals surface area contributed by atoms with Crippen LogP contribution in [-0.4, -0.2) is 32.6 Å². The van der Waals surface area contributed by atoms with Crippen molar-refractivity contribution in [2.75, 3.05) is 20.8 Å². The van der Waals surface area contributed by atoms with Crippen LogP contribution in [0, 0.1) is 54.8 Å². The average Bonchev–Trinajstić information content (AvgIpc) is 2.75. The zero-order chi connectivity index (χ0) is 21.2. The Bertz CT molecular complexity index is 1040. The number of terminal acetylenes is 1. The fraction of sp³-hybridized carbons (Fsp3) is 0.136. The molecule has 0 aromatic heterocycles. The summed E-state index contributed by atoms with van der Waals surface area (Å²) in [5.41, 5.74) is 2.15. The molecule has 2 amide bonds. The van der Waals surface area contributed by atoms with E-state index in [9.17, 15) is 9.59 Å². The van der Waals surface area contributed by atoms with Crippen molar-refractivity contribution in [3.05, 3.63) is 69.8 Å². The SMILES string of the molecule is C#CCOc1ccc(/C=C(\C#N)C(=O)[N-]C)cc1OC.O=C1[N-]c2ccccc21.[U+2]. The van der Waals surface area contributed by atoms with Gasteiger partial charge in [-0.1, -0.05) is 36.3 Å². The Hall–Kier alpha value is -3.18. The van der Waals surface area contributed by atoms with E-state index in [1.54, 1.807) is 30.3 Å². The van der Waals surface area contributed by atoms with Gasteiger partial charge >= 0.3 is 31.1 Å². The molecular weight excluding hydrogens is 608 g/mol. The molecule has 0 atom stereocenters. The summed E-state index contributed by atoms with van der Waals surface area (Å²) in [6.45, 7) is 0.127. The summed E-state index contributed by atoms with van der Waals surface area (Å²) in [6.07, 6.45) is 6.55. The molecule has 0 spiro atoms. The third-order valence-corrected chi connectivity index (χ3v) is 3.72. The van der Waals surface area contributed by atoms with Crippen molar-refractivity contribution in [1.29, 1.82) is 5.26 Å². The molecule has 1 heterocycles. The van der Waals surface area contributed by atoms with Crippen molar-refractivity contribution in [3.8, 4) is 29.9 Å². The van der Waals surface area contributed by atoms with Crippen LogP contribution in [0.5, 0.6) is 11.5 Å². The first-order valence-corrected chi connectivity index (χ1v) is 8.39. The van der Waals surface area contributed by atoms with Crippen molar-refractivity contribution in [3.63, 3.8) is 0 Å². The Morgan fingerprint density at radius 3 is 2.53 bits per heavy atom. The summed E-state index contributed by atoms with van der Waals surface area (Å²) in [7, 11) is 2.83. The molecule has 0 saturated heterocycles. The predicted octanol–water partition coefficient (Wildman–Crippen LogP) is 3.99. The van der Waals surface area contributed by atoms with Crippen LogP contribution in [-0.2, 0) is 4.79 Å². The predicted molar refractivity (Wildman–Crippen MR) is 109 cm³/mol. The maximum atomic E-state index is 11.4. The fourth-order valence-electron chi connectivity index (χ4n) is 2.31. The Morgan fingerprint density at radius 1 is 1.27 bits per heavy atom.